The monoisotopic (exact) mass is 286 g/mol. The van der Waals surface area contributed by atoms with E-state index in [4.69, 9.17) is 11.6 Å². The first-order valence-corrected chi connectivity index (χ1v) is 7.23. The smallest absolute Gasteiger partial charge is 0.161 e. The lowest BCUT2D eigenvalue weighted by atomic mass is 10.1. The van der Waals surface area contributed by atoms with Crippen LogP contribution in [0, 0.1) is 11.7 Å². The van der Waals surface area contributed by atoms with Crippen LogP contribution >= 0.6 is 23.4 Å². The normalized spacial score (nSPS) is 19.2. The highest BCUT2D eigenvalue weighted by Gasteiger charge is 2.21. The van der Waals surface area contributed by atoms with Crippen LogP contribution in [-0.4, -0.2) is 17.0 Å². The lowest BCUT2D eigenvalue weighted by molar-refractivity contribution is 0.575. The summed E-state index contributed by atoms with van der Waals surface area (Å²) in [6, 6.07) is 4.47. The number of hydrogen-bond donors (Lipinski definition) is 1. The predicted octanol–water partition coefficient (Wildman–Crippen LogP) is 4.41. The van der Waals surface area contributed by atoms with E-state index in [1.54, 1.807) is 17.8 Å². The summed E-state index contributed by atoms with van der Waals surface area (Å²) in [6.07, 6.45) is 1.12. The molecule has 0 amide bonds. The van der Waals surface area contributed by atoms with Crippen LogP contribution in [0.4, 0.5) is 10.1 Å². The first kappa shape index (κ1) is 13.7. The van der Waals surface area contributed by atoms with Crippen molar-refractivity contribution < 1.29 is 4.39 Å². The molecule has 98 valence electrons. The molecule has 1 unspecified atom stereocenters. The second kappa shape index (κ2) is 5.93. The van der Waals surface area contributed by atoms with Gasteiger partial charge >= 0.3 is 0 Å². The summed E-state index contributed by atoms with van der Waals surface area (Å²) in [5.41, 5.74) is 0.388. The third-order valence-corrected chi connectivity index (χ3v) is 3.99. The van der Waals surface area contributed by atoms with Crippen LogP contribution in [0.15, 0.2) is 23.2 Å². The molecule has 1 aromatic carbocycles. The molecular weight excluding hydrogens is 271 g/mol. The molecule has 0 fully saturated rings. The van der Waals surface area contributed by atoms with Crippen molar-refractivity contribution in [1.82, 2.24) is 0 Å². The van der Waals surface area contributed by atoms with Crippen molar-refractivity contribution in [3.05, 3.63) is 29.0 Å². The fraction of sp³-hybridized carbons (Fsp3) is 0.462. The van der Waals surface area contributed by atoms with Gasteiger partial charge in [-0.1, -0.05) is 37.2 Å². The number of aliphatic imine (C=N–C) groups is 1. The van der Waals surface area contributed by atoms with Crippen molar-refractivity contribution >= 4 is 34.2 Å². The molecule has 1 aliphatic rings. The molecule has 2 nitrogen and oxygen atoms in total. The lowest BCUT2D eigenvalue weighted by Crippen LogP contribution is -2.10. The van der Waals surface area contributed by atoms with E-state index in [1.165, 1.54) is 12.1 Å². The number of nitrogens with zero attached hydrogens (tertiary/aromatic N) is 1. The molecule has 1 atom stereocenters. The first-order valence-electron chi connectivity index (χ1n) is 5.98. The third-order valence-electron chi connectivity index (χ3n) is 2.62. The Morgan fingerprint density at radius 3 is 3.06 bits per heavy atom. The minimum Gasteiger partial charge on any atom is -0.333 e. The van der Waals surface area contributed by atoms with Gasteiger partial charge in [0.1, 0.15) is 5.82 Å². The number of amidine groups is 1. The molecule has 18 heavy (non-hydrogen) atoms. The minimum atomic E-state index is -0.310. The van der Waals surface area contributed by atoms with Crippen molar-refractivity contribution in [2.24, 2.45) is 10.9 Å². The molecule has 1 aliphatic heterocycles. The SMILES string of the molecule is CC(C)CC1CN=C(Nc2cc(Cl)ccc2F)S1. The first-order chi connectivity index (χ1) is 8.54. The molecule has 0 spiro atoms. The van der Waals surface area contributed by atoms with Crippen LogP contribution in [0.25, 0.3) is 0 Å². The number of halogens is 2. The van der Waals surface area contributed by atoms with Crippen LogP contribution in [0.5, 0.6) is 0 Å². The summed E-state index contributed by atoms with van der Waals surface area (Å²) in [5, 5.41) is 4.80. The highest BCUT2D eigenvalue weighted by Crippen LogP contribution is 2.28. The second-order valence-corrected chi connectivity index (χ2v) is 6.49. The minimum absolute atomic E-state index is 0.310. The van der Waals surface area contributed by atoms with E-state index in [1.807, 2.05) is 0 Å². The zero-order valence-electron chi connectivity index (χ0n) is 10.4. The van der Waals surface area contributed by atoms with Gasteiger partial charge in [-0.05, 0) is 30.5 Å². The van der Waals surface area contributed by atoms with Gasteiger partial charge in [-0.3, -0.25) is 4.99 Å². The molecule has 0 aromatic heterocycles. The van der Waals surface area contributed by atoms with E-state index in [0.29, 0.717) is 21.9 Å². The average Bonchev–Trinajstić information content (AvgIpc) is 2.70. The number of nitrogens with one attached hydrogen (secondary N) is 1. The summed E-state index contributed by atoms with van der Waals surface area (Å²) in [5.74, 6) is 0.343. The summed E-state index contributed by atoms with van der Waals surface area (Å²) in [7, 11) is 0. The molecule has 1 N–H and O–H groups in total. The van der Waals surface area contributed by atoms with Crippen LogP contribution in [-0.2, 0) is 0 Å². The quantitative estimate of drug-likeness (QED) is 0.890. The van der Waals surface area contributed by atoms with Gasteiger partial charge in [-0.15, -0.1) is 0 Å². The Morgan fingerprint density at radius 1 is 1.56 bits per heavy atom. The van der Waals surface area contributed by atoms with E-state index >= 15 is 0 Å². The Morgan fingerprint density at radius 2 is 2.33 bits per heavy atom. The molecule has 0 aliphatic carbocycles. The van der Waals surface area contributed by atoms with E-state index in [9.17, 15) is 4.39 Å². The van der Waals surface area contributed by atoms with Gasteiger partial charge in [0.2, 0.25) is 0 Å². The molecule has 1 heterocycles. The fourth-order valence-corrected chi connectivity index (χ4v) is 3.28. The highest BCUT2D eigenvalue weighted by molar-refractivity contribution is 8.15. The van der Waals surface area contributed by atoms with E-state index in [-0.39, 0.29) is 5.82 Å². The van der Waals surface area contributed by atoms with Crippen LogP contribution in [0.3, 0.4) is 0 Å². The molecule has 1 aromatic rings. The van der Waals surface area contributed by atoms with Gasteiger partial charge < -0.3 is 5.32 Å². The van der Waals surface area contributed by atoms with E-state index in [2.05, 4.69) is 24.2 Å². The molecule has 0 radical (unpaired) electrons. The topological polar surface area (TPSA) is 24.4 Å². The Bertz CT molecular complexity index is 462. The molecule has 2 rings (SSSR count). The maximum Gasteiger partial charge on any atom is 0.161 e. The Hall–Kier alpha value is -0.740. The largest absolute Gasteiger partial charge is 0.333 e. The van der Waals surface area contributed by atoms with Crippen molar-refractivity contribution in [1.29, 1.82) is 0 Å². The number of anilines is 1. The molecule has 0 saturated heterocycles. The molecule has 0 bridgehead atoms. The van der Waals surface area contributed by atoms with Crippen LogP contribution in [0.1, 0.15) is 20.3 Å². The molecule has 0 saturated carbocycles. The third kappa shape index (κ3) is 3.62. The number of hydrogen-bond acceptors (Lipinski definition) is 3. The molecule has 5 heteroatoms. The Kier molecular flexibility index (Phi) is 4.51. The van der Waals surface area contributed by atoms with Gasteiger partial charge in [-0.2, -0.15) is 0 Å². The van der Waals surface area contributed by atoms with E-state index in [0.717, 1.165) is 18.1 Å². The van der Waals surface area contributed by atoms with Gasteiger partial charge in [-0.25, -0.2) is 4.39 Å². The van der Waals surface area contributed by atoms with Gasteiger partial charge in [0.05, 0.1) is 12.2 Å². The highest BCUT2D eigenvalue weighted by atomic mass is 35.5. The Balaban J connectivity index is 1.97. The zero-order valence-corrected chi connectivity index (χ0v) is 12.0. The predicted molar refractivity (Wildman–Crippen MR) is 78.2 cm³/mol. The summed E-state index contributed by atoms with van der Waals surface area (Å²) in [6.45, 7) is 5.19. The summed E-state index contributed by atoms with van der Waals surface area (Å²) >= 11 is 7.52. The van der Waals surface area contributed by atoms with Crippen molar-refractivity contribution in [3.8, 4) is 0 Å². The average molecular weight is 287 g/mol. The standard InChI is InChI=1S/C13H16ClFN2S/c1-8(2)5-10-7-16-13(18-10)17-12-6-9(14)3-4-11(12)15/h3-4,6,8,10H,5,7H2,1-2H3,(H,16,17). The molecular formula is C13H16ClFN2S. The van der Waals surface area contributed by atoms with Crippen molar-refractivity contribution in [3.63, 3.8) is 0 Å². The maximum absolute atomic E-state index is 13.5. The number of benzene rings is 1. The maximum atomic E-state index is 13.5. The summed E-state index contributed by atoms with van der Waals surface area (Å²) < 4.78 is 13.5. The van der Waals surface area contributed by atoms with E-state index < -0.39 is 0 Å². The second-order valence-electron chi connectivity index (χ2n) is 4.76. The zero-order chi connectivity index (χ0) is 13.1. The Labute approximate surface area is 116 Å². The van der Waals surface area contributed by atoms with Crippen LogP contribution in [0.2, 0.25) is 5.02 Å². The number of rotatable bonds is 3. The number of thioether (sulfide) groups is 1. The van der Waals surface area contributed by atoms with Gasteiger partial charge in [0.15, 0.2) is 5.17 Å². The van der Waals surface area contributed by atoms with Gasteiger partial charge in [0, 0.05) is 10.3 Å². The summed E-state index contributed by atoms with van der Waals surface area (Å²) in [4.78, 5) is 4.40. The van der Waals surface area contributed by atoms with Crippen molar-refractivity contribution in [2.75, 3.05) is 11.9 Å². The van der Waals surface area contributed by atoms with Gasteiger partial charge in [0.25, 0.3) is 0 Å². The fourth-order valence-electron chi connectivity index (χ4n) is 1.84. The van der Waals surface area contributed by atoms with Crippen LogP contribution < -0.4 is 5.32 Å². The lowest BCUT2D eigenvalue weighted by Gasteiger charge is -2.11. The van der Waals surface area contributed by atoms with Crippen molar-refractivity contribution in [2.45, 2.75) is 25.5 Å².